The molecule has 1 N–H and O–H groups in total. The molecule has 304 valence electrons. The molecule has 0 spiro atoms. The Morgan fingerprint density at radius 1 is 0.629 bits per heavy atom. The normalized spacial score (nSPS) is 15.2. The van der Waals surface area contributed by atoms with Crippen LogP contribution in [-0.4, -0.2) is 7.05 Å². The first kappa shape index (κ1) is 40.1. The molecule has 7 aromatic rings. The molecule has 3 nitrogen and oxygen atoms in total. The van der Waals surface area contributed by atoms with E-state index in [0.717, 1.165) is 53.3 Å². The predicted molar refractivity (Wildman–Crippen MR) is 266 cm³/mol. The van der Waals surface area contributed by atoms with Gasteiger partial charge in [-0.1, -0.05) is 152 Å². The van der Waals surface area contributed by atoms with Crippen molar-refractivity contribution in [1.29, 1.82) is 0 Å². The summed E-state index contributed by atoms with van der Waals surface area (Å²) in [7, 11) is 2.14. The largest absolute Gasteiger partial charge is 0.359 e. The van der Waals surface area contributed by atoms with Gasteiger partial charge in [-0.25, -0.2) is 0 Å². The van der Waals surface area contributed by atoms with Gasteiger partial charge in [-0.15, -0.1) is 0 Å². The number of anilines is 4. The van der Waals surface area contributed by atoms with Gasteiger partial charge in [0.1, 0.15) is 0 Å². The van der Waals surface area contributed by atoms with E-state index in [1.54, 1.807) is 0 Å². The summed E-state index contributed by atoms with van der Waals surface area (Å²) in [6.07, 6.45) is 22.6. The molecule has 2 aliphatic rings. The lowest BCUT2D eigenvalue weighted by Gasteiger charge is -2.34. The van der Waals surface area contributed by atoms with Crippen molar-refractivity contribution in [3.8, 4) is 11.1 Å². The minimum Gasteiger partial charge on any atom is -0.359 e. The van der Waals surface area contributed by atoms with Gasteiger partial charge in [0.05, 0.1) is 0 Å². The number of allylic oxidation sites excluding steroid dienone is 9. The lowest BCUT2D eigenvalue weighted by atomic mass is 9.82. The van der Waals surface area contributed by atoms with Gasteiger partial charge in [0.25, 0.3) is 0 Å². The summed E-state index contributed by atoms with van der Waals surface area (Å²) >= 11 is 0. The maximum atomic E-state index is 3.56. The van der Waals surface area contributed by atoms with E-state index in [1.165, 1.54) is 56.4 Å². The molecule has 0 amide bonds. The highest BCUT2D eigenvalue weighted by atomic mass is 15.2. The molecule has 0 saturated carbocycles. The Morgan fingerprint density at radius 3 is 2.05 bits per heavy atom. The molecular weight excluding hydrogens is 751 g/mol. The van der Waals surface area contributed by atoms with E-state index in [0.29, 0.717) is 5.92 Å². The van der Waals surface area contributed by atoms with Crippen LogP contribution in [0, 0.1) is 5.92 Å². The quantitative estimate of drug-likeness (QED) is 0.117. The van der Waals surface area contributed by atoms with Crippen LogP contribution < -0.4 is 15.1 Å². The van der Waals surface area contributed by atoms with Crippen LogP contribution in [0.2, 0.25) is 0 Å². The number of rotatable bonds is 13. The molecule has 2 aliphatic carbocycles. The van der Waals surface area contributed by atoms with Crippen molar-refractivity contribution in [2.45, 2.75) is 32.6 Å². The van der Waals surface area contributed by atoms with Crippen LogP contribution in [0.1, 0.15) is 42.9 Å². The molecule has 3 heteroatoms. The standard InChI is InChI=1S/C59H53N3/c1-44(60-52-20-5-3-6-21-52)27-37-56(62(55-22-7-4-8-23-55)59-26-14-18-50-16-10-12-25-58(50)59)40-30-45-28-33-47(34-29-45)48-35-41-54(42-36-48)61(2)53-38-31-46(32-39-53)43-51-19-13-17-49-15-9-11-24-57(49)51/h3-9,11-15,17,19-42,50,60H,10,16,18,43H2,1-2H3/b40-30?,44-27+,56-37+. The zero-order chi connectivity index (χ0) is 42.1. The summed E-state index contributed by atoms with van der Waals surface area (Å²) in [4.78, 5) is 4.67. The van der Waals surface area contributed by atoms with Gasteiger partial charge in [0.15, 0.2) is 0 Å². The molecule has 0 aromatic heterocycles. The van der Waals surface area contributed by atoms with E-state index in [-0.39, 0.29) is 0 Å². The van der Waals surface area contributed by atoms with Crippen LogP contribution in [0.3, 0.4) is 0 Å². The molecule has 0 radical (unpaired) electrons. The minimum absolute atomic E-state index is 0.536. The van der Waals surface area contributed by atoms with Crippen LogP contribution >= 0.6 is 0 Å². The summed E-state index contributed by atoms with van der Waals surface area (Å²) in [5.41, 5.74) is 15.5. The first-order valence-corrected chi connectivity index (χ1v) is 21.9. The van der Waals surface area contributed by atoms with Crippen molar-refractivity contribution in [3.63, 3.8) is 0 Å². The highest BCUT2D eigenvalue weighted by Crippen LogP contribution is 2.39. The highest BCUT2D eigenvalue weighted by Gasteiger charge is 2.25. The summed E-state index contributed by atoms with van der Waals surface area (Å²) in [5, 5.41) is 6.18. The second kappa shape index (κ2) is 18.9. The molecule has 62 heavy (non-hydrogen) atoms. The first-order valence-electron chi connectivity index (χ1n) is 21.9. The number of nitrogens with zero attached hydrogens (tertiary/aromatic N) is 2. The number of benzene rings is 7. The number of hydrogen-bond donors (Lipinski definition) is 1. The Balaban J connectivity index is 0.941. The molecule has 0 saturated heterocycles. The van der Waals surface area contributed by atoms with E-state index in [9.17, 15) is 0 Å². The lowest BCUT2D eigenvalue weighted by Crippen LogP contribution is -2.25. The second-order valence-corrected chi connectivity index (χ2v) is 16.3. The summed E-state index contributed by atoms with van der Waals surface area (Å²) < 4.78 is 0. The fourth-order valence-electron chi connectivity index (χ4n) is 8.69. The van der Waals surface area contributed by atoms with Gasteiger partial charge >= 0.3 is 0 Å². The van der Waals surface area contributed by atoms with E-state index >= 15 is 0 Å². The lowest BCUT2D eigenvalue weighted by molar-refractivity contribution is 0.559. The van der Waals surface area contributed by atoms with E-state index < -0.39 is 0 Å². The molecule has 0 aliphatic heterocycles. The molecule has 0 fully saturated rings. The van der Waals surface area contributed by atoms with E-state index in [1.807, 2.05) is 6.07 Å². The van der Waals surface area contributed by atoms with Crippen LogP contribution in [0.4, 0.5) is 22.7 Å². The summed E-state index contributed by atoms with van der Waals surface area (Å²) in [6.45, 7) is 2.12. The molecule has 0 bridgehead atoms. The number of fused-ring (bicyclic) bond motifs is 2. The third-order valence-electron chi connectivity index (χ3n) is 12.1. The maximum absolute atomic E-state index is 3.56. The van der Waals surface area contributed by atoms with Gasteiger partial charge in [-0.05, 0) is 156 Å². The van der Waals surface area contributed by atoms with Crippen molar-refractivity contribution in [3.05, 3.63) is 258 Å². The molecule has 7 aromatic carbocycles. The first-order chi connectivity index (χ1) is 30.6. The maximum Gasteiger partial charge on any atom is 0.0493 e. The van der Waals surface area contributed by atoms with Crippen molar-refractivity contribution < 1.29 is 0 Å². The topological polar surface area (TPSA) is 18.5 Å². The monoisotopic (exact) mass is 803 g/mol. The van der Waals surface area contributed by atoms with Gasteiger partial charge in [0, 0.05) is 46.9 Å². The summed E-state index contributed by atoms with van der Waals surface area (Å²) in [6, 6.07) is 63.1. The Labute approximate surface area is 367 Å². The van der Waals surface area contributed by atoms with Crippen molar-refractivity contribution >= 4 is 39.6 Å². The fourth-order valence-corrected chi connectivity index (χ4v) is 8.69. The molecule has 0 heterocycles. The van der Waals surface area contributed by atoms with Gasteiger partial charge < -0.3 is 15.1 Å². The van der Waals surface area contributed by atoms with Gasteiger partial charge in [-0.3, -0.25) is 0 Å². The molecule has 1 atom stereocenters. The van der Waals surface area contributed by atoms with E-state index in [2.05, 4.69) is 248 Å². The smallest absolute Gasteiger partial charge is 0.0493 e. The number of para-hydroxylation sites is 2. The SMILES string of the molecule is C/C(=C\C=C(/C=Cc1ccc(-c2ccc(N(C)c3ccc(Cc4cccc5ccccc45)cc3)cc2)cc1)N(C1=C2C=CCCC2CC=C1)c1ccccc1)Nc1ccccc1. The van der Waals surface area contributed by atoms with Crippen molar-refractivity contribution in [2.75, 3.05) is 22.2 Å². The highest BCUT2D eigenvalue weighted by molar-refractivity contribution is 5.86. The van der Waals surface area contributed by atoms with Gasteiger partial charge in [-0.2, -0.15) is 0 Å². The fraction of sp³-hybridized carbons (Fsp3) is 0.119. The average molecular weight is 804 g/mol. The molecule has 9 rings (SSSR count). The Morgan fingerprint density at radius 2 is 1.29 bits per heavy atom. The average Bonchev–Trinajstić information content (AvgIpc) is 3.33. The van der Waals surface area contributed by atoms with Crippen LogP contribution in [0.25, 0.3) is 28.0 Å². The molecule has 1 unspecified atom stereocenters. The molecular formula is C59H53N3. The third kappa shape index (κ3) is 9.33. The Kier molecular flexibility index (Phi) is 12.2. The van der Waals surface area contributed by atoms with Crippen LogP contribution in [0.15, 0.2) is 241 Å². The van der Waals surface area contributed by atoms with Crippen molar-refractivity contribution in [2.24, 2.45) is 5.92 Å². The Hall–Kier alpha value is -7.36. The zero-order valence-corrected chi connectivity index (χ0v) is 35.7. The number of hydrogen-bond acceptors (Lipinski definition) is 3. The Bertz CT molecular complexity index is 2800. The van der Waals surface area contributed by atoms with Crippen LogP contribution in [0.5, 0.6) is 0 Å². The zero-order valence-electron chi connectivity index (χ0n) is 35.7. The second-order valence-electron chi connectivity index (χ2n) is 16.3. The van der Waals surface area contributed by atoms with Crippen LogP contribution in [-0.2, 0) is 6.42 Å². The predicted octanol–water partition coefficient (Wildman–Crippen LogP) is 15.5. The summed E-state index contributed by atoms with van der Waals surface area (Å²) in [5.74, 6) is 0.536. The third-order valence-corrected chi connectivity index (χ3v) is 12.1. The minimum atomic E-state index is 0.536. The van der Waals surface area contributed by atoms with Crippen molar-refractivity contribution in [1.82, 2.24) is 0 Å². The van der Waals surface area contributed by atoms with E-state index in [4.69, 9.17) is 0 Å². The number of nitrogens with one attached hydrogen (secondary N) is 1. The van der Waals surface area contributed by atoms with Gasteiger partial charge in [0.2, 0.25) is 0 Å².